The quantitative estimate of drug-likeness (QED) is 0.732. The molecule has 0 saturated carbocycles. The highest BCUT2D eigenvalue weighted by atomic mass is 19.1. The largest absolute Gasteiger partial charge is 0.508 e. The lowest BCUT2D eigenvalue weighted by atomic mass is 10.0. The Balaban J connectivity index is 1.59. The molecule has 1 unspecified atom stereocenters. The Kier molecular flexibility index (Phi) is 4.13. The highest BCUT2D eigenvalue weighted by molar-refractivity contribution is 5.95. The van der Waals surface area contributed by atoms with Crippen molar-refractivity contribution < 1.29 is 18.6 Å². The molecule has 130 valence electrons. The Morgan fingerprint density at radius 3 is 2.04 bits per heavy atom. The number of benzene rings is 3. The molecular formula is C21H15F2NO2. The molecule has 3 aromatic carbocycles. The van der Waals surface area contributed by atoms with Gasteiger partial charge >= 0.3 is 0 Å². The molecule has 1 N–H and O–H groups in total. The van der Waals surface area contributed by atoms with E-state index in [1.54, 1.807) is 12.1 Å². The number of phenolic OH excluding ortho intramolecular Hbond substituents is 1. The van der Waals surface area contributed by atoms with Gasteiger partial charge in [-0.15, -0.1) is 0 Å². The number of hydrogen-bond acceptors (Lipinski definition) is 3. The Morgan fingerprint density at radius 2 is 1.42 bits per heavy atom. The van der Waals surface area contributed by atoms with E-state index in [0.29, 0.717) is 0 Å². The van der Waals surface area contributed by atoms with Crippen LogP contribution in [0.2, 0.25) is 0 Å². The lowest BCUT2D eigenvalue weighted by molar-refractivity contribution is 0.317. The van der Waals surface area contributed by atoms with Crippen molar-refractivity contribution in [3.8, 4) is 16.9 Å². The molecule has 0 amide bonds. The predicted molar refractivity (Wildman–Crippen MR) is 95.1 cm³/mol. The maximum absolute atomic E-state index is 13.9. The Morgan fingerprint density at radius 1 is 0.846 bits per heavy atom. The molecule has 0 aromatic heterocycles. The number of phenols is 1. The minimum atomic E-state index is -0.688. The van der Waals surface area contributed by atoms with Crippen LogP contribution in [0.15, 0.2) is 71.7 Å². The molecule has 0 aliphatic carbocycles. The smallest absolute Gasteiger partial charge is 0.222 e. The van der Waals surface area contributed by atoms with E-state index in [1.165, 1.54) is 18.2 Å². The summed E-state index contributed by atoms with van der Waals surface area (Å²) >= 11 is 0. The first kappa shape index (κ1) is 16.3. The monoisotopic (exact) mass is 351 g/mol. The van der Waals surface area contributed by atoms with Crippen molar-refractivity contribution in [3.05, 3.63) is 89.5 Å². The van der Waals surface area contributed by atoms with Crippen LogP contribution in [0.5, 0.6) is 5.75 Å². The van der Waals surface area contributed by atoms with Crippen LogP contribution in [-0.2, 0) is 4.74 Å². The zero-order valence-corrected chi connectivity index (χ0v) is 13.7. The third-order valence-electron chi connectivity index (χ3n) is 4.32. The molecule has 0 saturated heterocycles. The summed E-state index contributed by atoms with van der Waals surface area (Å²) in [4.78, 5) is 4.35. The zero-order chi connectivity index (χ0) is 18.1. The van der Waals surface area contributed by atoms with Crippen LogP contribution >= 0.6 is 0 Å². The van der Waals surface area contributed by atoms with Gasteiger partial charge in [-0.05, 0) is 41.0 Å². The highest BCUT2D eigenvalue weighted by Crippen LogP contribution is 2.29. The molecular weight excluding hydrogens is 336 g/mol. The van der Waals surface area contributed by atoms with Crippen molar-refractivity contribution in [3.63, 3.8) is 0 Å². The van der Waals surface area contributed by atoms with E-state index in [9.17, 15) is 13.9 Å². The number of halogens is 2. The number of aromatic hydroxyl groups is 1. The normalized spacial score (nSPS) is 16.2. The van der Waals surface area contributed by atoms with Gasteiger partial charge in [0.25, 0.3) is 0 Å². The molecule has 0 fully saturated rings. The summed E-state index contributed by atoms with van der Waals surface area (Å²) in [5.74, 6) is -1.16. The average molecular weight is 351 g/mol. The van der Waals surface area contributed by atoms with Gasteiger partial charge in [-0.3, -0.25) is 0 Å². The summed E-state index contributed by atoms with van der Waals surface area (Å²) in [7, 11) is 0. The first-order chi connectivity index (χ1) is 12.6. The number of rotatable bonds is 3. The summed E-state index contributed by atoms with van der Waals surface area (Å²) in [6, 6.07) is 18.0. The number of ether oxygens (including phenoxy) is 1. The molecule has 1 aliphatic heterocycles. The van der Waals surface area contributed by atoms with Crippen molar-refractivity contribution in [2.45, 2.75) is 6.04 Å². The van der Waals surface area contributed by atoms with Gasteiger partial charge in [0.15, 0.2) is 0 Å². The lowest BCUT2D eigenvalue weighted by Gasteiger charge is -2.07. The molecule has 0 bridgehead atoms. The summed E-state index contributed by atoms with van der Waals surface area (Å²) in [6.45, 7) is 0.238. The molecule has 0 spiro atoms. The Hall–Kier alpha value is -3.21. The fraction of sp³-hybridized carbons (Fsp3) is 0.0952. The van der Waals surface area contributed by atoms with Crippen LogP contribution in [0.25, 0.3) is 11.1 Å². The van der Waals surface area contributed by atoms with E-state index in [2.05, 4.69) is 4.99 Å². The van der Waals surface area contributed by atoms with Gasteiger partial charge in [-0.2, -0.15) is 0 Å². The summed E-state index contributed by atoms with van der Waals surface area (Å²) < 4.78 is 33.2. The van der Waals surface area contributed by atoms with Crippen molar-refractivity contribution in [2.75, 3.05) is 6.61 Å². The molecule has 1 heterocycles. The van der Waals surface area contributed by atoms with Crippen LogP contribution in [0.3, 0.4) is 0 Å². The third kappa shape index (κ3) is 3.04. The van der Waals surface area contributed by atoms with Crippen molar-refractivity contribution in [2.24, 2.45) is 4.99 Å². The number of aliphatic imine (C=N–C) groups is 1. The van der Waals surface area contributed by atoms with Crippen molar-refractivity contribution in [1.82, 2.24) is 0 Å². The zero-order valence-electron chi connectivity index (χ0n) is 13.7. The van der Waals surface area contributed by atoms with Crippen LogP contribution in [-0.4, -0.2) is 17.6 Å². The van der Waals surface area contributed by atoms with E-state index in [-0.39, 0.29) is 29.9 Å². The Bertz CT molecular complexity index is 946. The van der Waals surface area contributed by atoms with E-state index in [4.69, 9.17) is 4.74 Å². The third-order valence-corrected chi connectivity index (χ3v) is 4.32. The number of hydrogen-bond donors (Lipinski definition) is 1. The summed E-state index contributed by atoms with van der Waals surface area (Å²) in [6.07, 6.45) is 0. The van der Waals surface area contributed by atoms with E-state index >= 15 is 0 Å². The van der Waals surface area contributed by atoms with Gasteiger partial charge in [-0.1, -0.05) is 42.5 Å². The first-order valence-corrected chi connectivity index (χ1v) is 8.16. The van der Waals surface area contributed by atoms with Gasteiger partial charge in [0.05, 0.1) is 0 Å². The van der Waals surface area contributed by atoms with Gasteiger partial charge in [0.1, 0.15) is 35.6 Å². The SMILES string of the molecule is Oc1ccc(-c2ccc(C3COC(c4c(F)cccc4F)=N3)cc2)cc1. The average Bonchev–Trinajstić information content (AvgIpc) is 3.12. The van der Waals surface area contributed by atoms with Crippen molar-refractivity contribution in [1.29, 1.82) is 0 Å². The lowest BCUT2D eigenvalue weighted by Crippen LogP contribution is -2.07. The molecule has 26 heavy (non-hydrogen) atoms. The predicted octanol–water partition coefficient (Wildman–Crippen LogP) is 4.86. The minimum absolute atomic E-state index is 0.00629. The number of nitrogens with zero attached hydrogens (tertiary/aromatic N) is 1. The summed E-state index contributed by atoms with van der Waals surface area (Å²) in [5, 5.41) is 9.37. The maximum Gasteiger partial charge on any atom is 0.222 e. The molecule has 3 aromatic rings. The molecule has 1 aliphatic rings. The molecule has 5 heteroatoms. The van der Waals surface area contributed by atoms with Gasteiger partial charge in [-0.25, -0.2) is 13.8 Å². The van der Waals surface area contributed by atoms with E-state index in [1.807, 2.05) is 36.4 Å². The van der Waals surface area contributed by atoms with E-state index in [0.717, 1.165) is 16.7 Å². The van der Waals surface area contributed by atoms with Crippen LogP contribution in [0, 0.1) is 11.6 Å². The summed E-state index contributed by atoms with van der Waals surface area (Å²) in [5.41, 5.74) is 2.65. The van der Waals surface area contributed by atoms with Gasteiger partial charge in [0.2, 0.25) is 5.90 Å². The minimum Gasteiger partial charge on any atom is -0.508 e. The molecule has 1 atom stereocenters. The second-order valence-electron chi connectivity index (χ2n) is 6.03. The second-order valence-corrected chi connectivity index (χ2v) is 6.03. The Labute approximate surface area is 149 Å². The molecule has 3 nitrogen and oxygen atoms in total. The van der Waals surface area contributed by atoms with Gasteiger partial charge < -0.3 is 9.84 Å². The maximum atomic E-state index is 13.9. The second kappa shape index (κ2) is 6.59. The van der Waals surface area contributed by atoms with Crippen LogP contribution in [0.4, 0.5) is 8.78 Å². The highest BCUT2D eigenvalue weighted by Gasteiger charge is 2.26. The van der Waals surface area contributed by atoms with Crippen LogP contribution in [0.1, 0.15) is 17.2 Å². The molecule has 4 rings (SSSR count). The first-order valence-electron chi connectivity index (χ1n) is 8.16. The topological polar surface area (TPSA) is 41.8 Å². The fourth-order valence-corrected chi connectivity index (χ4v) is 2.94. The van der Waals surface area contributed by atoms with Crippen molar-refractivity contribution >= 4 is 5.90 Å². The fourth-order valence-electron chi connectivity index (χ4n) is 2.94. The van der Waals surface area contributed by atoms with Crippen LogP contribution < -0.4 is 0 Å². The molecule has 0 radical (unpaired) electrons. The van der Waals surface area contributed by atoms with Gasteiger partial charge in [0, 0.05) is 0 Å². The van der Waals surface area contributed by atoms with E-state index < -0.39 is 11.6 Å². The standard InChI is InChI=1S/C21H15F2NO2/c22-17-2-1-3-18(23)20(17)21-24-19(12-26-21)15-6-4-13(5-7-15)14-8-10-16(25)11-9-14/h1-11,19,25H,12H2.